The number of carbonyl (C=O) groups excluding carboxylic acids is 1. The van der Waals surface area contributed by atoms with Crippen LogP contribution in [0, 0.1) is 0 Å². The molecule has 1 atom stereocenters. The van der Waals surface area contributed by atoms with Gasteiger partial charge in [-0.2, -0.15) is 0 Å². The zero-order chi connectivity index (χ0) is 14.9. The molecule has 0 spiro atoms. The van der Waals surface area contributed by atoms with Gasteiger partial charge < -0.3 is 24.6 Å². The van der Waals surface area contributed by atoms with Crippen LogP contribution in [0.4, 0.5) is 13.6 Å². The van der Waals surface area contributed by atoms with Gasteiger partial charge >= 0.3 is 12.0 Å². The summed E-state index contributed by atoms with van der Waals surface area (Å²) in [6.07, 6.45) is -0.938. The van der Waals surface area contributed by atoms with E-state index in [2.05, 4.69) is 4.74 Å². The summed E-state index contributed by atoms with van der Waals surface area (Å²) in [7, 11) is 2.55. The fraction of sp³-hybridized carbons (Fsp3) is 0.417. The second-order valence-corrected chi connectivity index (χ2v) is 4.19. The summed E-state index contributed by atoms with van der Waals surface area (Å²) in [5.41, 5.74) is 0.0400. The first-order chi connectivity index (χ1) is 9.39. The minimum absolute atomic E-state index is 0.0316. The Bertz CT molecular complexity index is 510. The maximum atomic E-state index is 13.8. The molecular formula is C12H13F2NO5. The number of alkyl halides is 2. The number of rotatable bonds is 3. The number of methoxy groups -OCH3 is 2. The molecule has 8 heteroatoms. The summed E-state index contributed by atoms with van der Waals surface area (Å²) >= 11 is 0. The monoisotopic (exact) mass is 289 g/mol. The van der Waals surface area contributed by atoms with E-state index in [1.165, 1.54) is 26.4 Å². The van der Waals surface area contributed by atoms with Crippen LogP contribution in [-0.4, -0.2) is 37.9 Å². The van der Waals surface area contributed by atoms with Crippen molar-refractivity contribution in [2.24, 2.45) is 0 Å². The zero-order valence-electron chi connectivity index (χ0n) is 10.8. The summed E-state index contributed by atoms with van der Waals surface area (Å²) in [6, 6.07) is 0.830. The Morgan fingerprint density at radius 2 is 1.90 bits per heavy atom. The molecule has 0 radical (unpaired) electrons. The number of benzene rings is 1. The van der Waals surface area contributed by atoms with Crippen LogP contribution in [0.2, 0.25) is 0 Å². The highest BCUT2D eigenvalue weighted by atomic mass is 19.3. The molecule has 1 saturated heterocycles. The molecule has 0 bridgehead atoms. The van der Waals surface area contributed by atoms with Gasteiger partial charge in [-0.3, -0.25) is 0 Å². The highest BCUT2D eigenvalue weighted by molar-refractivity contribution is 5.69. The van der Waals surface area contributed by atoms with Crippen molar-refractivity contribution < 1.29 is 32.9 Å². The van der Waals surface area contributed by atoms with E-state index in [0.29, 0.717) is 0 Å². The number of amides is 1. The van der Waals surface area contributed by atoms with Crippen molar-refractivity contribution in [3.8, 4) is 17.2 Å². The molecule has 0 aliphatic carbocycles. The lowest BCUT2D eigenvalue weighted by atomic mass is 9.99. The van der Waals surface area contributed by atoms with Crippen molar-refractivity contribution in [2.45, 2.75) is 12.0 Å². The molecule has 1 aliphatic rings. The first-order valence-electron chi connectivity index (χ1n) is 5.65. The first-order valence-corrected chi connectivity index (χ1v) is 5.65. The molecule has 1 aromatic rings. The molecule has 1 fully saturated rings. The normalized spacial score (nSPS) is 20.8. The number of hydrogen-bond donors (Lipinski definition) is 2. The molecule has 1 aliphatic heterocycles. The van der Waals surface area contributed by atoms with Gasteiger partial charge in [-0.25, -0.2) is 13.6 Å². The van der Waals surface area contributed by atoms with Crippen molar-refractivity contribution in [3.63, 3.8) is 0 Å². The number of alkyl carbamates (subject to hydrolysis) is 1. The fourth-order valence-electron chi connectivity index (χ4n) is 1.92. The minimum Gasteiger partial charge on any atom is -0.502 e. The number of carbonyl (C=O) groups is 1. The minimum atomic E-state index is -3.29. The predicted octanol–water partition coefficient (Wildman–Crippen LogP) is 1.83. The van der Waals surface area contributed by atoms with E-state index in [1.54, 1.807) is 0 Å². The quantitative estimate of drug-likeness (QED) is 0.887. The second kappa shape index (κ2) is 5.03. The average molecular weight is 289 g/mol. The van der Waals surface area contributed by atoms with Gasteiger partial charge in [0.05, 0.1) is 14.2 Å². The van der Waals surface area contributed by atoms with Crippen molar-refractivity contribution in [1.29, 1.82) is 0 Å². The van der Waals surface area contributed by atoms with Gasteiger partial charge in [-0.15, -0.1) is 0 Å². The molecule has 0 aromatic heterocycles. The van der Waals surface area contributed by atoms with Crippen LogP contribution in [0.1, 0.15) is 11.6 Å². The van der Waals surface area contributed by atoms with Gasteiger partial charge in [0, 0.05) is 0 Å². The van der Waals surface area contributed by atoms with Crippen LogP contribution < -0.4 is 14.8 Å². The summed E-state index contributed by atoms with van der Waals surface area (Å²) < 4.78 is 41.7. The maximum Gasteiger partial charge on any atom is 0.408 e. The lowest BCUT2D eigenvalue weighted by Gasteiger charge is -2.32. The number of phenolic OH excluding ortho intramolecular Hbond substituents is 1. The standard InChI is InChI=1S/C12H13F2NO5/c1-18-7-3-6(4-8(19-2)9(7)16)10-12(13,14)5-20-11(17)15-10/h3-4,10,16H,5H2,1-2H3,(H,15,17)/t10-/m1/s1. The number of halogens is 2. The highest BCUT2D eigenvalue weighted by Gasteiger charge is 2.47. The molecule has 1 amide bonds. The lowest BCUT2D eigenvalue weighted by molar-refractivity contribution is -0.104. The molecule has 2 rings (SSSR count). The Labute approximate surface area is 113 Å². The molecular weight excluding hydrogens is 276 g/mol. The summed E-state index contributed by atoms with van der Waals surface area (Å²) in [5.74, 6) is -3.66. The van der Waals surface area contributed by atoms with E-state index in [-0.39, 0.29) is 22.8 Å². The largest absolute Gasteiger partial charge is 0.502 e. The third-order valence-corrected chi connectivity index (χ3v) is 2.92. The number of aromatic hydroxyl groups is 1. The van der Waals surface area contributed by atoms with E-state index in [9.17, 15) is 18.7 Å². The number of nitrogens with one attached hydrogen (secondary N) is 1. The Morgan fingerprint density at radius 1 is 1.35 bits per heavy atom. The number of cyclic esters (lactones) is 1. The van der Waals surface area contributed by atoms with Gasteiger partial charge in [-0.05, 0) is 17.7 Å². The van der Waals surface area contributed by atoms with Crippen LogP contribution in [0.5, 0.6) is 17.2 Å². The van der Waals surface area contributed by atoms with Crippen molar-refractivity contribution >= 4 is 6.09 Å². The second-order valence-electron chi connectivity index (χ2n) is 4.19. The van der Waals surface area contributed by atoms with Crippen LogP contribution >= 0.6 is 0 Å². The molecule has 2 N–H and O–H groups in total. The van der Waals surface area contributed by atoms with Crippen molar-refractivity contribution in [2.75, 3.05) is 20.8 Å². The Hall–Kier alpha value is -2.25. The smallest absolute Gasteiger partial charge is 0.408 e. The Morgan fingerprint density at radius 3 is 2.40 bits per heavy atom. The van der Waals surface area contributed by atoms with Gasteiger partial charge in [0.25, 0.3) is 0 Å². The van der Waals surface area contributed by atoms with E-state index in [0.717, 1.165) is 0 Å². The van der Waals surface area contributed by atoms with Crippen molar-refractivity contribution in [1.82, 2.24) is 5.32 Å². The zero-order valence-corrected chi connectivity index (χ0v) is 10.8. The fourth-order valence-corrected chi connectivity index (χ4v) is 1.92. The van der Waals surface area contributed by atoms with E-state index >= 15 is 0 Å². The predicted molar refractivity (Wildman–Crippen MR) is 63.4 cm³/mol. The highest BCUT2D eigenvalue weighted by Crippen LogP contribution is 2.42. The Kier molecular flexibility index (Phi) is 3.56. The summed E-state index contributed by atoms with van der Waals surface area (Å²) in [4.78, 5) is 11.1. The van der Waals surface area contributed by atoms with Crippen LogP contribution in [-0.2, 0) is 4.74 Å². The van der Waals surface area contributed by atoms with E-state index in [4.69, 9.17) is 9.47 Å². The van der Waals surface area contributed by atoms with Crippen LogP contribution in [0.15, 0.2) is 12.1 Å². The molecule has 0 saturated carbocycles. The van der Waals surface area contributed by atoms with E-state index < -0.39 is 24.7 Å². The third kappa shape index (κ3) is 2.40. The van der Waals surface area contributed by atoms with Gasteiger partial charge in [0.15, 0.2) is 18.1 Å². The topological polar surface area (TPSA) is 77.0 Å². The molecule has 1 aromatic carbocycles. The molecule has 20 heavy (non-hydrogen) atoms. The Balaban J connectivity index is 2.47. The lowest BCUT2D eigenvalue weighted by Crippen LogP contribution is -2.49. The molecule has 1 heterocycles. The molecule has 110 valence electrons. The maximum absolute atomic E-state index is 13.8. The number of phenols is 1. The number of ether oxygens (including phenoxy) is 3. The number of hydrogen-bond acceptors (Lipinski definition) is 5. The van der Waals surface area contributed by atoms with Crippen molar-refractivity contribution in [3.05, 3.63) is 17.7 Å². The average Bonchev–Trinajstić information content (AvgIpc) is 2.42. The van der Waals surface area contributed by atoms with E-state index in [1.807, 2.05) is 5.32 Å². The molecule has 0 unspecified atom stereocenters. The molecule has 6 nitrogen and oxygen atoms in total. The van der Waals surface area contributed by atoms with Crippen LogP contribution in [0.25, 0.3) is 0 Å². The van der Waals surface area contributed by atoms with Gasteiger partial charge in [-0.1, -0.05) is 0 Å². The third-order valence-electron chi connectivity index (χ3n) is 2.92. The van der Waals surface area contributed by atoms with Crippen LogP contribution in [0.3, 0.4) is 0 Å². The summed E-state index contributed by atoms with van der Waals surface area (Å²) in [6.45, 7) is -1.02. The SMILES string of the molecule is COc1cc([C@H]2NC(=O)OCC2(F)F)cc(OC)c1O. The summed E-state index contributed by atoms with van der Waals surface area (Å²) in [5, 5.41) is 11.8. The van der Waals surface area contributed by atoms with Gasteiger partial charge in [0.1, 0.15) is 6.04 Å². The first kappa shape index (κ1) is 14.2. The van der Waals surface area contributed by atoms with Gasteiger partial charge in [0.2, 0.25) is 5.75 Å².